The fourth-order valence-corrected chi connectivity index (χ4v) is 4.12. The molecule has 2 heterocycles. The first kappa shape index (κ1) is 21.2. The number of carbonyl (C=O) groups excluding carboxylic acids is 1. The standard InChI is InChI=1S/C19H27N7O2S/c1-12-8-9-13(16-23-18(29-24-16)19(2,3)28)10-25(12)17(27)14-6-4-5-7-15(14)26(21)22-11-20/h4-7,11-13,28H,8-10,21H2,1-3H3,(H2,20,22)/t12-,13?/m1/s1. The first-order chi connectivity index (χ1) is 13.7. The predicted molar refractivity (Wildman–Crippen MR) is 113 cm³/mol. The van der Waals surface area contributed by atoms with Gasteiger partial charge in [-0.25, -0.2) is 10.8 Å². The summed E-state index contributed by atoms with van der Waals surface area (Å²) in [4.78, 5) is 19.7. The molecule has 0 aliphatic carbocycles. The monoisotopic (exact) mass is 417 g/mol. The van der Waals surface area contributed by atoms with Crippen molar-refractivity contribution in [2.24, 2.45) is 16.7 Å². The Balaban J connectivity index is 1.85. The zero-order valence-electron chi connectivity index (χ0n) is 16.8. The number of piperidine rings is 1. The van der Waals surface area contributed by atoms with Crippen molar-refractivity contribution in [1.82, 2.24) is 14.3 Å². The molecule has 0 saturated carbocycles. The number of nitrogens with zero attached hydrogens (tertiary/aromatic N) is 5. The number of para-hydroxylation sites is 1. The van der Waals surface area contributed by atoms with E-state index in [4.69, 9.17) is 11.6 Å². The number of amides is 1. The van der Waals surface area contributed by atoms with E-state index in [9.17, 15) is 9.90 Å². The summed E-state index contributed by atoms with van der Waals surface area (Å²) < 4.78 is 4.44. The highest BCUT2D eigenvalue weighted by molar-refractivity contribution is 7.05. The first-order valence-corrected chi connectivity index (χ1v) is 10.2. The molecule has 0 bridgehead atoms. The lowest BCUT2D eigenvalue weighted by Gasteiger charge is -2.37. The molecule has 1 aromatic heterocycles. The summed E-state index contributed by atoms with van der Waals surface area (Å²) in [6.45, 7) is 5.91. The van der Waals surface area contributed by atoms with Gasteiger partial charge < -0.3 is 15.7 Å². The van der Waals surface area contributed by atoms with Crippen LogP contribution in [0, 0.1) is 0 Å². The largest absolute Gasteiger partial charge is 0.388 e. The van der Waals surface area contributed by atoms with Gasteiger partial charge in [-0.15, -0.1) is 5.10 Å². The zero-order chi connectivity index (χ0) is 21.2. The van der Waals surface area contributed by atoms with Gasteiger partial charge in [-0.1, -0.05) is 12.1 Å². The quantitative estimate of drug-likeness (QED) is 0.292. The third-order valence-electron chi connectivity index (χ3n) is 5.05. The molecule has 1 unspecified atom stereocenters. The maximum atomic E-state index is 13.4. The van der Waals surface area contributed by atoms with E-state index in [0.29, 0.717) is 28.6 Å². The third kappa shape index (κ3) is 4.55. The second-order valence-electron chi connectivity index (χ2n) is 7.72. The summed E-state index contributed by atoms with van der Waals surface area (Å²) >= 11 is 1.20. The number of nitrogens with two attached hydrogens (primary N) is 2. The van der Waals surface area contributed by atoms with Crippen molar-refractivity contribution in [1.29, 1.82) is 0 Å². The van der Waals surface area contributed by atoms with Gasteiger partial charge in [0.25, 0.3) is 5.91 Å². The smallest absolute Gasteiger partial charge is 0.256 e. The van der Waals surface area contributed by atoms with Crippen molar-refractivity contribution >= 4 is 29.5 Å². The van der Waals surface area contributed by atoms with Crippen molar-refractivity contribution in [3.63, 3.8) is 0 Å². The lowest BCUT2D eigenvalue weighted by atomic mass is 9.92. The van der Waals surface area contributed by atoms with Crippen molar-refractivity contribution in [2.45, 2.75) is 51.2 Å². The summed E-state index contributed by atoms with van der Waals surface area (Å²) in [5.74, 6) is 6.48. The van der Waals surface area contributed by atoms with Crippen molar-refractivity contribution in [3.05, 3.63) is 40.7 Å². The third-order valence-corrected chi connectivity index (χ3v) is 6.09. The molecule has 29 heavy (non-hydrogen) atoms. The van der Waals surface area contributed by atoms with Gasteiger partial charge in [-0.2, -0.15) is 9.49 Å². The summed E-state index contributed by atoms with van der Waals surface area (Å²) in [5, 5.41) is 15.7. The van der Waals surface area contributed by atoms with Crippen LogP contribution in [0.2, 0.25) is 0 Å². The van der Waals surface area contributed by atoms with E-state index >= 15 is 0 Å². The van der Waals surface area contributed by atoms with Crippen molar-refractivity contribution < 1.29 is 9.90 Å². The predicted octanol–water partition coefficient (Wildman–Crippen LogP) is 1.76. The molecule has 1 aliphatic rings. The normalized spacial score (nSPS) is 20.2. The van der Waals surface area contributed by atoms with E-state index in [1.807, 2.05) is 11.8 Å². The minimum absolute atomic E-state index is 0.0192. The minimum atomic E-state index is -1.03. The van der Waals surface area contributed by atoms with E-state index in [1.165, 1.54) is 11.5 Å². The number of carbonyl (C=O) groups is 1. The summed E-state index contributed by atoms with van der Waals surface area (Å²) in [6, 6.07) is 7.11. The number of rotatable bonds is 5. The Labute approximate surface area is 174 Å². The summed E-state index contributed by atoms with van der Waals surface area (Å²) in [7, 11) is 0. The molecular formula is C19H27N7O2S. The van der Waals surface area contributed by atoms with E-state index in [-0.39, 0.29) is 17.9 Å². The topological polar surface area (TPSA) is 134 Å². The van der Waals surface area contributed by atoms with Crippen LogP contribution in [-0.4, -0.2) is 44.2 Å². The molecule has 0 spiro atoms. The molecule has 0 radical (unpaired) electrons. The van der Waals surface area contributed by atoms with Crippen LogP contribution in [0.1, 0.15) is 60.7 Å². The SMILES string of the molecule is C[C@@H]1CCC(c2nsc(C(C)(C)O)n2)CN1C(=O)c1ccccc1N(N)/N=C\N. The van der Waals surface area contributed by atoms with Crippen LogP contribution in [-0.2, 0) is 5.60 Å². The Kier molecular flexibility index (Phi) is 6.15. The molecule has 5 N–H and O–H groups in total. The van der Waals surface area contributed by atoms with Gasteiger partial charge >= 0.3 is 0 Å². The Morgan fingerprint density at radius 3 is 2.79 bits per heavy atom. The van der Waals surface area contributed by atoms with Gasteiger partial charge in [0.05, 0.1) is 11.3 Å². The lowest BCUT2D eigenvalue weighted by molar-refractivity contribution is 0.0603. The highest BCUT2D eigenvalue weighted by Crippen LogP contribution is 2.33. The van der Waals surface area contributed by atoms with Crippen LogP contribution in [0.25, 0.3) is 0 Å². The molecular weight excluding hydrogens is 390 g/mol. The first-order valence-electron chi connectivity index (χ1n) is 9.47. The fraction of sp³-hybridized carbons (Fsp3) is 0.474. The minimum Gasteiger partial charge on any atom is -0.388 e. The molecule has 1 aromatic carbocycles. The molecule has 9 nitrogen and oxygen atoms in total. The highest BCUT2D eigenvalue weighted by Gasteiger charge is 2.34. The maximum Gasteiger partial charge on any atom is 0.256 e. The van der Waals surface area contributed by atoms with Crippen LogP contribution in [0.3, 0.4) is 0 Å². The van der Waals surface area contributed by atoms with E-state index < -0.39 is 5.60 Å². The Hall–Kier alpha value is -2.56. The highest BCUT2D eigenvalue weighted by atomic mass is 32.1. The maximum absolute atomic E-state index is 13.4. The number of anilines is 1. The number of hydrogen-bond donors (Lipinski definition) is 3. The number of aliphatic hydroxyl groups is 1. The average Bonchev–Trinajstić information content (AvgIpc) is 3.19. The lowest BCUT2D eigenvalue weighted by Crippen LogP contribution is -2.45. The number of hydrazine groups is 1. The Morgan fingerprint density at radius 2 is 2.14 bits per heavy atom. The van der Waals surface area contributed by atoms with E-state index in [0.717, 1.165) is 24.3 Å². The van der Waals surface area contributed by atoms with Crippen LogP contribution in [0.15, 0.2) is 29.4 Å². The van der Waals surface area contributed by atoms with Crippen LogP contribution < -0.4 is 16.7 Å². The van der Waals surface area contributed by atoms with Gasteiger partial charge in [0.15, 0.2) is 0 Å². The Bertz CT molecular complexity index is 893. The van der Waals surface area contributed by atoms with E-state index in [1.54, 1.807) is 38.1 Å². The molecule has 10 heteroatoms. The van der Waals surface area contributed by atoms with E-state index in [2.05, 4.69) is 14.5 Å². The van der Waals surface area contributed by atoms with Gasteiger partial charge in [0.2, 0.25) is 0 Å². The van der Waals surface area contributed by atoms with Crippen LogP contribution >= 0.6 is 11.5 Å². The summed E-state index contributed by atoms with van der Waals surface area (Å²) in [5.41, 5.74) is 5.24. The molecule has 1 saturated heterocycles. The van der Waals surface area contributed by atoms with Crippen molar-refractivity contribution in [3.8, 4) is 0 Å². The number of aromatic nitrogens is 2. The number of hydrazone groups is 1. The van der Waals surface area contributed by atoms with Gasteiger partial charge in [0.1, 0.15) is 22.8 Å². The van der Waals surface area contributed by atoms with Gasteiger partial charge in [0, 0.05) is 18.5 Å². The molecule has 3 rings (SSSR count). The Morgan fingerprint density at radius 1 is 1.41 bits per heavy atom. The van der Waals surface area contributed by atoms with Gasteiger partial charge in [-0.05, 0) is 57.3 Å². The molecule has 156 valence electrons. The second-order valence-corrected chi connectivity index (χ2v) is 8.48. The number of benzene rings is 1. The number of hydrogen-bond acceptors (Lipinski definition) is 8. The second kappa shape index (κ2) is 8.44. The molecule has 1 fully saturated rings. The van der Waals surface area contributed by atoms with Crippen molar-refractivity contribution in [2.75, 3.05) is 11.7 Å². The van der Waals surface area contributed by atoms with Gasteiger partial charge in [-0.3, -0.25) is 4.79 Å². The average molecular weight is 418 g/mol. The molecule has 2 aromatic rings. The van der Waals surface area contributed by atoms with Crippen LogP contribution in [0.5, 0.6) is 0 Å². The molecule has 1 amide bonds. The summed E-state index contributed by atoms with van der Waals surface area (Å²) in [6.07, 6.45) is 2.80. The van der Waals surface area contributed by atoms with Crippen LogP contribution in [0.4, 0.5) is 5.69 Å². The fourth-order valence-electron chi connectivity index (χ4n) is 3.39. The molecule has 2 atom stereocenters. The molecule has 1 aliphatic heterocycles. The zero-order valence-corrected chi connectivity index (χ0v) is 17.6. The number of likely N-dealkylation sites (tertiary alicyclic amines) is 1.